The first kappa shape index (κ1) is 23.5. The van der Waals surface area contributed by atoms with Crippen LogP contribution in [0.2, 0.25) is 10.0 Å². The van der Waals surface area contributed by atoms with E-state index in [4.69, 9.17) is 37.5 Å². The third kappa shape index (κ3) is 7.20. The molecule has 1 fully saturated rings. The van der Waals surface area contributed by atoms with Crippen LogP contribution in [-0.2, 0) is 11.2 Å². The van der Waals surface area contributed by atoms with Crippen molar-refractivity contribution >= 4 is 29.1 Å². The first-order valence-corrected chi connectivity index (χ1v) is 11.1. The summed E-state index contributed by atoms with van der Waals surface area (Å²) in [5.41, 5.74) is 3.40. The first-order valence-electron chi connectivity index (χ1n) is 10.3. The molecule has 0 bridgehead atoms. The molecular formula is C23H28Cl2N2O4. The van der Waals surface area contributed by atoms with Gasteiger partial charge in [0.25, 0.3) is 0 Å². The number of likely N-dealkylation sites (tertiary alicyclic amines) is 1. The predicted molar refractivity (Wildman–Crippen MR) is 122 cm³/mol. The second kappa shape index (κ2) is 11.5. The fraction of sp³-hybridized carbons (Fsp3) is 0.435. The summed E-state index contributed by atoms with van der Waals surface area (Å²) in [5.74, 6) is 2.29. The number of ether oxygens (including phenoxy) is 2. The molecule has 1 atom stereocenters. The van der Waals surface area contributed by atoms with Crippen molar-refractivity contribution in [1.29, 1.82) is 0 Å². The Balaban J connectivity index is 1.43. The molecule has 0 aromatic heterocycles. The summed E-state index contributed by atoms with van der Waals surface area (Å²) in [6, 6.07) is 10.9. The molecule has 1 saturated heterocycles. The minimum absolute atomic E-state index is 0.243. The fourth-order valence-corrected chi connectivity index (χ4v) is 4.13. The summed E-state index contributed by atoms with van der Waals surface area (Å²) in [5, 5.41) is 1.24. The molecule has 0 aliphatic carbocycles. The van der Waals surface area contributed by atoms with Crippen LogP contribution >= 0.6 is 23.2 Å². The molecule has 0 spiro atoms. The van der Waals surface area contributed by atoms with E-state index in [1.807, 2.05) is 12.1 Å². The SMILES string of the molecule is COc1cc(OCCCN2CCC(Cc3cc(Cl)ccc3ONC(C)=O)C2)ccc1Cl. The highest BCUT2D eigenvalue weighted by Crippen LogP contribution is 2.30. The maximum absolute atomic E-state index is 11.2. The van der Waals surface area contributed by atoms with Crippen LogP contribution in [0.4, 0.5) is 0 Å². The van der Waals surface area contributed by atoms with Gasteiger partial charge in [0.1, 0.15) is 11.5 Å². The normalized spacial score (nSPS) is 16.2. The number of methoxy groups -OCH3 is 1. The number of benzene rings is 2. The smallest absolute Gasteiger partial charge is 0.249 e. The molecule has 2 aromatic carbocycles. The van der Waals surface area contributed by atoms with E-state index in [0.29, 0.717) is 34.1 Å². The second-order valence-electron chi connectivity index (χ2n) is 7.67. The number of nitrogens with zero attached hydrogens (tertiary/aromatic N) is 1. The summed E-state index contributed by atoms with van der Waals surface area (Å²) >= 11 is 12.2. The Bertz CT molecular complexity index is 894. The van der Waals surface area contributed by atoms with Crippen LogP contribution in [0.15, 0.2) is 36.4 Å². The summed E-state index contributed by atoms with van der Waals surface area (Å²) < 4.78 is 11.0. The number of hydrogen-bond donors (Lipinski definition) is 1. The van der Waals surface area contributed by atoms with Gasteiger partial charge in [-0.3, -0.25) is 4.79 Å². The minimum Gasteiger partial charge on any atom is -0.495 e. The number of carbonyl (C=O) groups excluding carboxylic acids is 1. The van der Waals surface area contributed by atoms with E-state index >= 15 is 0 Å². The van der Waals surface area contributed by atoms with Crippen LogP contribution in [0.25, 0.3) is 0 Å². The van der Waals surface area contributed by atoms with Crippen LogP contribution in [-0.4, -0.2) is 44.2 Å². The molecule has 0 radical (unpaired) electrons. The molecule has 168 valence electrons. The average Bonchev–Trinajstić information content (AvgIpc) is 3.18. The van der Waals surface area contributed by atoms with Gasteiger partial charge in [0.05, 0.1) is 18.7 Å². The Morgan fingerprint density at radius 2 is 2.03 bits per heavy atom. The monoisotopic (exact) mass is 466 g/mol. The Labute approximate surface area is 193 Å². The van der Waals surface area contributed by atoms with Gasteiger partial charge in [-0.2, -0.15) is 5.48 Å². The van der Waals surface area contributed by atoms with Gasteiger partial charge in [-0.15, -0.1) is 0 Å². The standard InChI is InChI=1S/C23H28Cl2N2O4/c1-16(28)26-31-22-7-4-19(24)13-18(22)12-17-8-10-27(15-17)9-3-11-30-20-5-6-21(25)23(14-20)29-2/h4-7,13-14,17H,3,8-12,15H2,1-2H3,(H,26,28). The summed E-state index contributed by atoms with van der Waals surface area (Å²) in [6.07, 6.45) is 2.90. The van der Waals surface area contributed by atoms with Crippen molar-refractivity contribution in [2.24, 2.45) is 5.92 Å². The zero-order valence-corrected chi connectivity index (χ0v) is 19.3. The molecule has 2 aromatic rings. The van der Waals surface area contributed by atoms with E-state index < -0.39 is 0 Å². The van der Waals surface area contributed by atoms with Crippen LogP contribution < -0.4 is 19.8 Å². The third-order valence-corrected chi connectivity index (χ3v) is 5.76. The highest BCUT2D eigenvalue weighted by Gasteiger charge is 2.23. The Kier molecular flexibility index (Phi) is 8.69. The Morgan fingerprint density at radius 1 is 1.19 bits per heavy atom. The molecule has 6 nitrogen and oxygen atoms in total. The number of nitrogens with one attached hydrogen (secondary N) is 1. The number of halogens is 2. The number of carbonyl (C=O) groups is 1. The molecule has 1 heterocycles. The molecule has 1 amide bonds. The van der Waals surface area contributed by atoms with E-state index in [9.17, 15) is 4.79 Å². The lowest BCUT2D eigenvalue weighted by molar-refractivity contribution is -0.125. The van der Waals surface area contributed by atoms with Crippen molar-refractivity contribution in [1.82, 2.24) is 10.4 Å². The maximum Gasteiger partial charge on any atom is 0.249 e. The first-order chi connectivity index (χ1) is 14.9. The van der Waals surface area contributed by atoms with Crippen LogP contribution in [0.1, 0.15) is 25.3 Å². The number of hydroxylamine groups is 1. The molecule has 1 N–H and O–H groups in total. The fourth-order valence-electron chi connectivity index (χ4n) is 3.74. The maximum atomic E-state index is 11.2. The summed E-state index contributed by atoms with van der Waals surface area (Å²) in [4.78, 5) is 19.0. The topological polar surface area (TPSA) is 60.0 Å². The average molecular weight is 467 g/mol. The molecule has 1 aliphatic rings. The van der Waals surface area contributed by atoms with E-state index in [1.54, 1.807) is 31.4 Å². The molecule has 8 heteroatoms. The Morgan fingerprint density at radius 3 is 2.81 bits per heavy atom. The van der Waals surface area contributed by atoms with Crippen molar-refractivity contribution in [3.8, 4) is 17.2 Å². The molecule has 3 rings (SSSR count). The van der Waals surface area contributed by atoms with Crippen LogP contribution in [0.5, 0.6) is 17.2 Å². The second-order valence-corrected chi connectivity index (χ2v) is 8.51. The zero-order valence-electron chi connectivity index (χ0n) is 17.8. The van der Waals surface area contributed by atoms with Crippen molar-refractivity contribution < 1.29 is 19.1 Å². The van der Waals surface area contributed by atoms with Crippen LogP contribution in [0.3, 0.4) is 0 Å². The largest absolute Gasteiger partial charge is 0.495 e. The molecule has 31 heavy (non-hydrogen) atoms. The highest BCUT2D eigenvalue weighted by atomic mass is 35.5. The minimum atomic E-state index is -0.243. The van der Waals surface area contributed by atoms with Gasteiger partial charge in [0, 0.05) is 31.1 Å². The molecular weight excluding hydrogens is 439 g/mol. The van der Waals surface area contributed by atoms with Gasteiger partial charge >= 0.3 is 0 Å². The third-order valence-electron chi connectivity index (χ3n) is 5.22. The van der Waals surface area contributed by atoms with Gasteiger partial charge in [-0.05, 0) is 67.6 Å². The van der Waals surface area contributed by atoms with Crippen molar-refractivity contribution in [2.75, 3.05) is 33.4 Å². The zero-order chi connectivity index (χ0) is 22.2. The van der Waals surface area contributed by atoms with Gasteiger partial charge in [-0.25, -0.2) is 0 Å². The Hall–Kier alpha value is -2.15. The number of amides is 1. The number of hydrogen-bond acceptors (Lipinski definition) is 5. The van der Waals surface area contributed by atoms with Gasteiger partial charge in [0.15, 0.2) is 5.75 Å². The number of rotatable bonds is 10. The lowest BCUT2D eigenvalue weighted by Crippen LogP contribution is -2.25. The predicted octanol–water partition coefficient (Wildman–Crippen LogP) is 4.77. The van der Waals surface area contributed by atoms with E-state index in [0.717, 1.165) is 50.2 Å². The summed E-state index contributed by atoms with van der Waals surface area (Å²) in [7, 11) is 1.59. The lowest BCUT2D eigenvalue weighted by atomic mass is 9.98. The van der Waals surface area contributed by atoms with E-state index in [2.05, 4.69) is 10.4 Å². The van der Waals surface area contributed by atoms with Crippen molar-refractivity contribution in [2.45, 2.75) is 26.2 Å². The van der Waals surface area contributed by atoms with Crippen molar-refractivity contribution in [3.63, 3.8) is 0 Å². The van der Waals surface area contributed by atoms with Gasteiger partial charge < -0.3 is 19.2 Å². The van der Waals surface area contributed by atoms with E-state index in [-0.39, 0.29) is 5.91 Å². The molecule has 1 unspecified atom stereocenters. The molecule has 1 aliphatic heterocycles. The van der Waals surface area contributed by atoms with Gasteiger partial charge in [0.2, 0.25) is 5.91 Å². The van der Waals surface area contributed by atoms with Crippen molar-refractivity contribution in [3.05, 3.63) is 52.0 Å². The molecule has 0 saturated carbocycles. The van der Waals surface area contributed by atoms with Crippen LogP contribution in [0, 0.1) is 5.92 Å². The van der Waals surface area contributed by atoms with Gasteiger partial charge in [-0.1, -0.05) is 23.2 Å². The lowest BCUT2D eigenvalue weighted by Gasteiger charge is -2.17. The quantitative estimate of drug-likeness (QED) is 0.403. The summed E-state index contributed by atoms with van der Waals surface area (Å²) in [6.45, 7) is 5.10. The highest BCUT2D eigenvalue weighted by molar-refractivity contribution is 6.32. The van der Waals surface area contributed by atoms with E-state index in [1.165, 1.54) is 6.92 Å².